The number of rotatable bonds is 47. The number of ether oxygens (including phenoxy) is 2. The van der Waals surface area contributed by atoms with Crippen LogP contribution < -0.4 is 5.73 Å². The molecule has 0 spiro atoms. The normalized spacial score (nSPS) is 13.6. The molecule has 0 saturated carbocycles. The van der Waals surface area contributed by atoms with E-state index >= 15 is 0 Å². The topological polar surface area (TPSA) is 172 Å². The van der Waals surface area contributed by atoms with E-state index < -0.39 is 51.1 Å². The van der Waals surface area contributed by atoms with Gasteiger partial charge in [0.1, 0.15) is 12.6 Å². The van der Waals surface area contributed by atoms with Crippen LogP contribution in [0.25, 0.3) is 0 Å². The average Bonchev–Trinajstić information content (AvgIpc) is 3.21. The maximum Gasteiger partial charge on any atom is 0.472 e. The van der Waals surface area contributed by atoms with Crippen molar-refractivity contribution in [1.29, 1.82) is 0 Å². The number of hydrogen-bond donors (Lipinski definition) is 3. The zero-order valence-corrected chi connectivity index (χ0v) is 39.0. The summed E-state index contributed by atoms with van der Waals surface area (Å²) < 4.78 is 32.8. The molecule has 4 N–H and O–H groups in total. The van der Waals surface area contributed by atoms with Crippen LogP contribution in [-0.2, 0) is 37.5 Å². The number of hydrogen-bond acceptors (Lipinski definition) is 9. The predicted octanol–water partition coefficient (Wildman–Crippen LogP) is 13.5. The molecular formula is C47H92NO10P. The van der Waals surface area contributed by atoms with Gasteiger partial charge < -0.3 is 25.2 Å². The zero-order chi connectivity index (χ0) is 43.5. The molecule has 0 aromatic heterocycles. The number of carbonyl (C=O) groups is 3. The molecule has 11 nitrogen and oxygen atoms in total. The Bertz CT molecular complexity index is 1020. The largest absolute Gasteiger partial charge is 0.480 e. The van der Waals surface area contributed by atoms with Crippen LogP contribution in [0.3, 0.4) is 0 Å². The lowest BCUT2D eigenvalue weighted by molar-refractivity contribution is -0.161. The molecule has 0 rings (SSSR count). The fourth-order valence-electron chi connectivity index (χ4n) is 7.24. The van der Waals surface area contributed by atoms with Crippen LogP contribution >= 0.6 is 7.82 Å². The van der Waals surface area contributed by atoms with Crippen molar-refractivity contribution in [2.75, 3.05) is 19.8 Å². The number of esters is 2. The first-order valence-electron chi connectivity index (χ1n) is 24.6. The monoisotopic (exact) mass is 862 g/mol. The lowest BCUT2D eigenvalue weighted by Crippen LogP contribution is -2.34. The van der Waals surface area contributed by atoms with Crippen LogP contribution in [-0.4, -0.2) is 59.9 Å². The third kappa shape index (κ3) is 42.9. The number of phosphoric acid groups is 1. The van der Waals surface area contributed by atoms with E-state index in [1.165, 1.54) is 173 Å². The number of phosphoric ester groups is 1. The Morgan fingerprint density at radius 1 is 0.458 bits per heavy atom. The minimum absolute atomic E-state index is 0.169. The predicted molar refractivity (Wildman–Crippen MR) is 240 cm³/mol. The van der Waals surface area contributed by atoms with Crippen molar-refractivity contribution in [3.05, 3.63) is 0 Å². The lowest BCUT2D eigenvalue weighted by atomic mass is 10.0. The van der Waals surface area contributed by atoms with Crippen molar-refractivity contribution in [3.63, 3.8) is 0 Å². The van der Waals surface area contributed by atoms with Crippen LogP contribution in [0.15, 0.2) is 0 Å². The molecule has 350 valence electrons. The molecule has 0 amide bonds. The molecule has 0 heterocycles. The lowest BCUT2D eigenvalue weighted by Gasteiger charge is -2.20. The molecule has 0 aliphatic carbocycles. The molecule has 0 fully saturated rings. The molecule has 0 aliphatic heterocycles. The molecular weight excluding hydrogens is 769 g/mol. The summed E-state index contributed by atoms with van der Waals surface area (Å²) in [7, 11) is -4.71. The molecule has 59 heavy (non-hydrogen) atoms. The van der Waals surface area contributed by atoms with Crippen LogP contribution in [0.2, 0.25) is 0 Å². The van der Waals surface area contributed by atoms with Crippen molar-refractivity contribution in [3.8, 4) is 0 Å². The zero-order valence-electron chi connectivity index (χ0n) is 38.1. The smallest absolute Gasteiger partial charge is 0.472 e. The Labute approximate surface area is 361 Å². The van der Waals surface area contributed by atoms with E-state index in [4.69, 9.17) is 24.8 Å². The van der Waals surface area contributed by atoms with Crippen LogP contribution in [0.5, 0.6) is 0 Å². The summed E-state index contributed by atoms with van der Waals surface area (Å²) in [6, 6.07) is -1.52. The van der Waals surface area contributed by atoms with Crippen molar-refractivity contribution >= 4 is 25.7 Å². The Morgan fingerprint density at radius 2 is 0.746 bits per heavy atom. The van der Waals surface area contributed by atoms with E-state index in [1.807, 2.05) is 0 Å². The Morgan fingerprint density at radius 3 is 1.07 bits per heavy atom. The van der Waals surface area contributed by atoms with Gasteiger partial charge in [-0.1, -0.05) is 226 Å². The van der Waals surface area contributed by atoms with E-state index in [0.717, 1.165) is 38.5 Å². The second-order valence-electron chi connectivity index (χ2n) is 17.0. The second-order valence-corrected chi connectivity index (χ2v) is 18.4. The summed E-state index contributed by atoms with van der Waals surface area (Å²) >= 11 is 0. The molecule has 12 heteroatoms. The number of carboxylic acids is 1. The SMILES string of the molecule is CCCCCCCCCCCCCCCCCCCCCCC(=O)OC[C@@H](COP(=O)(O)OC[C@@H](N)C(=O)O)OC(=O)CCCCCCCCCCCCCCCCC. The van der Waals surface area contributed by atoms with Gasteiger partial charge in [-0.25, -0.2) is 4.57 Å². The van der Waals surface area contributed by atoms with Gasteiger partial charge in [-0.2, -0.15) is 0 Å². The third-order valence-corrected chi connectivity index (χ3v) is 12.1. The first-order valence-corrected chi connectivity index (χ1v) is 26.1. The summed E-state index contributed by atoms with van der Waals surface area (Å²) in [5, 5.41) is 8.91. The van der Waals surface area contributed by atoms with Gasteiger partial charge in [0.05, 0.1) is 13.2 Å². The van der Waals surface area contributed by atoms with E-state index in [1.54, 1.807) is 0 Å². The molecule has 0 bridgehead atoms. The van der Waals surface area contributed by atoms with Gasteiger partial charge in [0.25, 0.3) is 0 Å². The van der Waals surface area contributed by atoms with Gasteiger partial charge in [0.15, 0.2) is 6.10 Å². The third-order valence-electron chi connectivity index (χ3n) is 11.1. The fraction of sp³-hybridized carbons (Fsp3) is 0.936. The number of carbonyl (C=O) groups excluding carboxylic acids is 2. The van der Waals surface area contributed by atoms with Crippen molar-refractivity contribution in [1.82, 2.24) is 0 Å². The van der Waals surface area contributed by atoms with Gasteiger partial charge >= 0.3 is 25.7 Å². The average molecular weight is 862 g/mol. The highest BCUT2D eigenvalue weighted by Crippen LogP contribution is 2.43. The quantitative estimate of drug-likeness (QED) is 0.0302. The summed E-state index contributed by atoms with van der Waals surface area (Å²) in [5.74, 6) is -2.35. The van der Waals surface area contributed by atoms with Crippen LogP contribution in [0.4, 0.5) is 0 Å². The molecule has 0 aliphatic rings. The summed E-state index contributed by atoms with van der Waals surface area (Å²) in [6.45, 7) is 2.86. The van der Waals surface area contributed by atoms with Gasteiger partial charge in [-0.3, -0.25) is 23.4 Å². The minimum atomic E-state index is -4.71. The molecule has 0 saturated heterocycles. The van der Waals surface area contributed by atoms with Gasteiger partial charge in [0, 0.05) is 12.8 Å². The first-order chi connectivity index (χ1) is 28.6. The van der Waals surface area contributed by atoms with Crippen LogP contribution in [0, 0.1) is 0 Å². The van der Waals surface area contributed by atoms with Crippen molar-refractivity contribution in [2.24, 2.45) is 5.73 Å². The van der Waals surface area contributed by atoms with E-state index in [0.29, 0.717) is 12.8 Å². The van der Waals surface area contributed by atoms with Gasteiger partial charge in [0.2, 0.25) is 0 Å². The maximum atomic E-state index is 12.7. The number of nitrogens with two attached hydrogens (primary N) is 1. The molecule has 3 atom stereocenters. The maximum absolute atomic E-state index is 12.7. The summed E-state index contributed by atoms with van der Waals surface area (Å²) in [5.41, 5.74) is 5.35. The Kier molecular flexibility index (Phi) is 42.0. The molecule has 0 aromatic carbocycles. The molecule has 1 unspecified atom stereocenters. The Balaban J connectivity index is 4.20. The highest BCUT2D eigenvalue weighted by molar-refractivity contribution is 7.47. The second kappa shape index (κ2) is 43.1. The highest BCUT2D eigenvalue weighted by Gasteiger charge is 2.28. The highest BCUT2D eigenvalue weighted by atomic mass is 31.2. The first kappa shape index (κ1) is 57.5. The van der Waals surface area contributed by atoms with E-state index in [-0.39, 0.29) is 19.4 Å². The van der Waals surface area contributed by atoms with E-state index in [9.17, 15) is 23.8 Å². The standard InChI is InChI=1S/C47H92NO10P/c1-3-5-7-9-11-13-15-17-19-20-21-22-23-25-26-28-30-32-34-36-38-45(49)55-40-43(41-56-59(53,54)57-42-44(48)47(51)52)58-46(50)39-37-35-33-31-29-27-24-18-16-14-12-10-8-6-4-2/h43-44H,3-42,48H2,1-2H3,(H,51,52)(H,53,54)/t43-,44+/m0/s1. The van der Waals surface area contributed by atoms with Crippen molar-refractivity contribution < 1.29 is 47.5 Å². The summed E-state index contributed by atoms with van der Waals surface area (Å²) in [6.07, 6.45) is 43.1. The number of carboxylic acid groups (broad SMARTS) is 1. The van der Waals surface area contributed by atoms with Crippen LogP contribution in [0.1, 0.15) is 251 Å². The van der Waals surface area contributed by atoms with E-state index in [2.05, 4.69) is 18.4 Å². The minimum Gasteiger partial charge on any atom is -0.480 e. The number of aliphatic carboxylic acids is 1. The fourth-order valence-corrected chi connectivity index (χ4v) is 8.02. The Hall–Kier alpha value is -1.52. The number of unbranched alkanes of at least 4 members (excludes halogenated alkanes) is 33. The van der Waals surface area contributed by atoms with Crippen molar-refractivity contribution in [2.45, 2.75) is 264 Å². The van der Waals surface area contributed by atoms with Gasteiger partial charge in [-0.15, -0.1) is 0 Å². The molecule has 0 aromatic rings. The molecule has 0 radical (unpaired) electrons. The summed E-state index contributed by atoms with van der Waals surface area (Å²) in [4.78, 5) is 46.1. The van der Waals surface area contributed by atoms with Gasteiger partial charge in [-0.05, 0) is 12.8 Å².